The van der Waals surface area contributed by atoms with E-state index >= 15 is 0 Å². The number of rotatable bonds is 2. The monoisotopic (exact) mass is 188 g/mol. The van der Waals surface area contributed by atoms with Gasteiger partial charge in [-0.2, -0.15) is 0 Å². The SMILES string of the molecule is C[C@](O)(CO)c1cc(F)cc(F)c1. The molecule has 1 aromatic rings. The fourth-order valence-corrected chi connectivity index (χ4v) is 0.956. The minimum Gasteiger partial charge on any atom is -0.393 e. The van der Waals surface area contributed by atoms with Crippen LogP contribution >= 0.6 is 0 Å². The van der Waals surface area contributed by atoms with Crippen LogP contribution < -0.4 is 0 Å². The molecule has 0 amide bonds. The van der Waals surface area contributed by atoms with Crippen molar-refractivity contribution in [1.29, 1.82) is 0 Å². The van der Waals surface area contributed by atoms with Crippen molar-refractivity contribution in [2.24, 2.45) is 0 Å². The molecule has 0 saturated heterocycles. The third-order valence-electron chi connectivity index (χ3n) is 1.79. The molecule has 0 spiro atoms. The Kier molecular flexibility index (Phi) is 2.63. The highest BCUT2D eigenvalue weighted by atomic mass is 19.1. The summed E-state index contributed by atoms with van der Waals surface area (Å²) in [6.07, 6.45) is 0. The number of aliphatic hydroxyl groups excluding tert-OH is 1. The van der Waals surface area contributed by atoms with Crippen LogP contribution in [0.15, 0.2) is 18.2 Å². The van der Waals surface area contributed by atoms with Gasteiger partial charge in [-0.05, 0) is 24.6 Å². The van der Waals surface area contributed by atoms with Crippen molar-refractivity contribution in [3.63, 3.8) is 0 Å². The third-order valence-corrected chi connectivity index (χ3v) is 1.79. The maximum Gasteiger partial charge on any atom is 0.126 e. The fourth-order valence-electron chi connectivity index (χ4n) is 0.956. The summed E-state index contributed by atoms with van der Waals surface area (Å²) in [5.74, 6) is -1.55. The first-order chi connectivity index (χ1) is 5.95. The Bertz CT molecular complexity index is 290. The highest BCUT2D eigenvalue weighted by Gasteiger charge is 2.23. The van der Waals surface area contributed by atoms with Gasteiger partial charge in [-0.25, -0.2) is 8.78 Å². The lowest BCUT2D eigenvalue weighted by Crippen LogP contribution is -2.26. The summed E-state index contributed by atoms with van der Waals surface area (Å²) in [5, 5.41) is 18.2. The topological polar surface area (TPSA) is 40.5 Å². The Morgan fingerprint density at radius 2 is 1.69 bits per heavy atom. The standard InChI is InChI=1S/C9H10F2O2/c1-9(13,5-12)6-2-7(10)4-8(11)3-6/h2-4,12-13H,5H2,1H3/t9-/m0/s1. The van der Waals surface area contributed by atoms with E-state index < -0.39 is 23.8 Å². The van der Waals surface area contributed by atoms with E-state index in [0.29, 0.717) is 6.07 Å². The molecule has 0 aliphatic rings. The summed E-state index contributed by atoms with van der Waals surface area (Å²) in [6, 6.07) is 2.68. The second kappa shape index (κ2) is 3.40. The molecule has 4 heteroatoms. The molecule has 1 atom stereocenters. The molecule has 0 unspecified atom stereocenters. The van der Waals surface area contributed by atoms with Gasteiger partial charge in [0.1, 0.15) is 17.2 Å². The maximum absolute atomic E-state index is 12.7. The van der Waals surface area contributed by atoms with Crippen LogP contribution in [0.2, 0.25) is 0 Å². The van der Waals surface area contributed by atoms with E-state index in [4.69, 9.17) is 5.11 Å². The van der Waals surface area contributed by atoms with Gasteiger partial charge in [0.05, 0.1) is 6.61 Å². The second-order valence-corrected chi connectivity index (χ2v) is 3.09. The van der Waals surface area contributed by atoms with Crippen LogP contribution in [0.4, 0.5) is 8.78 Å². The van der Waals surface area contributed by atoms with Gasteiger partial charge in [-0.3, -0.25) is 0 Å². The van der Waals surface area contributed by atoms with Gasteiger partial charge in [-0.15, -0.1) is 0 Å². The first-order valence-corrected chi connectivity index (χ1v) is 3.75. The maximum atomic E-state index is 12.7. The van der Waals surface area contributed by atoms with Gasteiger partial charge in [0, 0.05) is 6.07 Å². The Morgan fingerprint density at radius 3 is 2.08 bits per heavy atom. The van der Waals surface area contributed by atoms with Crippen LogP contribution in [-0.2, 0) is 5.60 Å². The van der Waals surface area contributed by atoms with Crippen LogP contribution in [0.25, 0.3) is 0 Å². The van der Waals surface area contributed by atoms with Gasteiger partial charge in [0.25, 0.3) is 0 Å². The van der Waals surface area contributed by atoms with E-state index in [1.54, 1.807) is 0 Å². The summed E-state index contributed by atoms with van der Waals surface area (Å²) in [7, 11) is 0. The highest BCUT2D eigenvalue weighted by molar-refractivity contribution is 5.23. The molecule has 0 bridgehead atoms. The molecule has 0 saturated carbocycles. The molecule has 0 fully saturated rings. The molecule has 2 nitrogen and oxygen atoms in total. The normalized spacial score (nSPS) is 15.5. The molecule has 0 aromatic heterocycles. The summed E-state index contributed by atoms with van der Waals surface area (Å²) in [4.78, 5) is 0. The van der Waals surface area contributed by atoms with E-state index in [2.05, 4.69) is 0 Å². The minimum atomic E-state index is -1.61. The van der Waals surface area contributed by atoms with Crippen LogP contribution in [0.1, 0.15) is 12.5 Å². The van der Waals surface area contributed by atoms with Crippen molar-refractivity contribution >= 4 is 0 Å². The van der Waals surface area contributed by atoms with Crippen molar-refractivity contribution < 1.29 is 19.0 Å². The van der Waals surface area contributed by atoms with Gasteiger partial charge in [0.15, 0.2) is 0 Å². The van der Waals surface area contributed by atoms with Crippen molar-refractivity contribution in [3.8, 4) is 0 Å². The van der Waals surface area contributed by atoms with Crippen molar-refractivity contribution in [2.75, 3.05) is 6.61 Å². The third kappa shape index (κ3) is 2.23. The molecular formula is C9H10F2O2. The Balaban J connectivity index is 3.15. The number of benzene rings is 1. The minimum absolute atomic E-state index is 0.0208. The van der Waals surface area contributed by atoms with Crippen LogP contribution in [0, 0.1) is 11.6 Å². The van der Waals surface area contributed by atoms with Gasteiger partial charge < -0.3 is 10.2 Å². The molecular weight excluding hydrogens is 178 g/mol. The predicted octanol–water partition coefficient (Wildman–Crippen LogP) is 1.16. The van der Waals surface area contributed by atoms with Crippen molar-refractivity contribution in [1.82, 2.24) is 0 Å². The van der Waals surface area contributed by atoms with Crippen LogP contribution in [0.3, 0.4) is 0 Å². The van der Waals surface area contributed by atoms with E-state index in [-0.39, 0.29) is 5.56 Å². The van der Waals surface area contributed by atoms with E-state index in [0.717, 1.165) is 12.1 Å². The number of halogens is 2. The van der Waals surface area contributed by atoms with E-state index in [9.17, 15) is 13.9 Å². The molecule has 0 radical (unpaired) electrons. The molecule has 2 N–H and O–H groups in total. The molecule has 72 valence electrons. The smallest absolute Gasteiger partial charge is 0.126 e. The van der Waals surface area contributed by atoms with Crippen molar-refractivity contribution in [2.45, 2.75) is 12.5 Å². The zero-order valence-corrected chi connectivity index (χ0v) is 7.09. The number of hydrogen-bond donors (Lipinski definition) is 2. The largest absolute Gasteiger partial charge is 0.393 e. The average Bonchev–Trinajstić information content (AvgIpc) is 2.02. The lowest BCUT2D eigenvalue weighted by atomic mass is 9.97. The lowest BCUT2D eigenvalue weighted by molar-refractivity contribution is -0.00274. The first kappa shape index (κ1) is 10.1. The molecule has 13 heavy (non-hydrogen) atoms. The average molecular weight is 188 g/mol. The zero-order valence-electron chi connectivity index (χ0n) is 7.09. The van der Waals surface area contributed by atoms with Crippen LogP contribution in [0.5, 0.6) is 0 Å². The number of hydrogen-bond acceptors (Lipinski definition) is 2. The van der Waals surface area contributed by atoms with E-state index in [1.807, 2.05) is 0 Å². The van der Waals surface area contributed by atoms with Gasteiger partial charge in [-0.1, -0.05) is 0 Å². The van der Waals surface area contributed by atoms with Gasteiger partial charge >= 0.3 is 0 Å². The quantitative estimate of drug-likeness (QED) is 0.731. The zero-order chi connectivity index (χ0) is 10.1. The highest BCUT2D eigenvalue weighted by Crippen LogP contribution is 2.21. The summed E-state index contributed by atoms with van der Waals surface area (Å²) in [5.41, 5.74) is -1.59. The van der Waals surface area contributed by atoms with E-state index in [1.165, 1.54) is 6.92 Å². The second-order valence-electron chi connectivity index (χ2n) is 3.09. The predicted molar refractivity (Wildman–Crippen MR) is 43.0 cm³/mol. The fraction of sp³-hybridized carbons (Fsp3) is 0.333. The molecule has 0 aliphatic carbocycles. The van der Waals surface area contributed by atoms with Crippen molar-refractivity contribution in [3.05, 3.63) is 35.4 Å². The summed E-state index contributed by atoms with van der Waals surface area (Å²) >= 11 is 0. The van der Waals surface area contributed by atoms with Gasteiger partial charge in [0.2, 0.25) is 0 Å². The summed E-state index contributed by atoms with van der Waals surface area (Å²) < 4.78 is 25.3. The number of aliphatic hydroxyl groups is 2. The Morgan fingerprint density at radius 1 is 1.23 bits per heavy atom. The Labute approximate surface area is 74.4 Å². The van der Waals surface area contributed by atoms with Crippen LogP contribution in [-0.4, -0.2) is 16.8 Å². The first-order valence-electron chi connectivity index (χ1n) is 3.75. The lowest BCUT2D eigenvalue weighted by Gasteiger charge is -2.20. The summed E-state index contributed by atoms with van der Waals surface area (Å²) in [6.45, 7) is 0.692. The molecule has 1 aromatic carbocycles. The molecule has 0 aliphatic heterocycles. The molecule has 0 heterocycles. The molecule has 1 rings (SSSR count). The Hall–Kier alpha value is -1.00.